The van der Waals surface area contributed by atoms with Crippen molar-refractivity contribution in [1.82, 2.24) is 5.16 Å². The molecule has 2 aromatic rings. The van der Waals surface area contributed by atoms with Gasteiger partial charge in [-0.15, -0.1) is 0 Å². The van der Waals surface area contributed by atoms with Crippen molar-refractivity contribution in [1.29, 1.82) is 0 Å². The van der Waals surface area contributed by atoms with E-state index in [-0.39, 0.29) is 23.5 Å². The first-order chi connectivity index (χ1) is 10.5. The van der Waals surface area contributed by atoms with Crippen molar-refractivity contribution < 1.29 is 14.1 Å². The summed E-state index contributed by atoms with van der Waals surface area (Å²) in [6, 6.07) is 6.99. The number of anilines is 2. The summed E-state index contributed by atoms with van der Waals surface area (Å²) in [5, 5.41) is 9.33. The molecule has 1 fully saturated rings. The summed E-state index contributed by atoms with van der Waals surface area (Å²) in [7, 11) is 0. The molecule has 1 saturated carbocycles. The first-order valence-electron chi connectivity index (χ1n) is 7.19. The predicted molar refractivity (Wildman–Crippen MR) is 81.7 cm³/mol. The molecular formula is C16H17N3O3. The maximum absolute atomic E-state index is 12.1. The third-order valence-electron chi connectivity index (χ3n) is 3.55. The van der Waals surface area contributed by atoms with Crippen LogP contribution in [0.15, 0.2) is 28.8 Å². The molecule has 1 aliphatic rings. The third kappa shape index (κ3) is 3.16. The quantitative estimate of drug-likeness (QED) is 0.909. The van der Waals surface area contributed by atoms with Gasteiger partial charge < -0.3 is 15.2 Å². The van der Waals surface area contributed by atoms with Crippen molar-refractivity contribution in [3.8, 4) is 0 Å². The SMILES string of the molecule is Cc1cc(C(=O)Nc2cc(NC(=O)C3CC3)ccc2C)on1. The maximum Gasteiger partial charge on any atom is 0.294 e. The minimum atomic E-state index is -0.366. The topological polar surface area (TPSA) is 84.2 Å². The summed E-state index contributed by atoms with van der Waals surface area (Å²) in [4.78, 5) is 23.9. The van der Waals surface area contributed by atoms with Gasteiger partial charge in [0.1, 0.15) is 0 Å². The summed E-state index contributed by atoms with van der Waals surface area (Å²) >= 11 is 0. The summed E-state index contributed by atoms with van der Waals surface area (Å²) < 4.78 is 4.94. The summed E-state index contributed by atoms with van der Waals surface area (Å²) in [5.41, 5.74) is 2.85. The number of aryl methyl sites for hydroxylation is 2. The molecule has 6 nitrogen and oxygen atoms in total. The highest BCUT2D eigenvalue weighted by Gasteiger charge is 2.29. The van der Waals surface area contributed by atoms with Crippen LogP contribution in [0.5, 0.6) is 0 Å². The van der Waals surface area contributed by atoms with Crippen molar-refractivity contribution in [2.45, 2.75) is 26.7 Å². The van der Waals surface area contributed by atoms with Crippen molar-refractivity contribution in [3.63, 3.8) is 0 Å². The number of nitrogens with one attached hydrogen (secondary N) is 2. The van der Waals surface area contributed by atoms with Crippen LogP contribution in [0.4, 0.5) is 11.4 Å². The fourth-order valence-electron chi connectivity index (χ4n) is 2.08. The average molecular weight is 299 g/mol. The molecule has 114 valence electrons. The van der Waals surface area contributed by atoms with Crippen LogP contribution in [0.1, 0.15) is 34.7 Å². The van der Waals surface area contributed by atoms with Crippen molar-refractivity contribution >= 4 is 23.2 Å². The van der Waals surface area contributed by atoms with Gasteiger partial charge in [-0.3, -0.25) is 9.59 Å². The summed E-state index contributed by atoms with van der Waals surface area (Å²) in [5.74, 6) is -0.0396. The zero-order valence-electron chi connectivity index (χ0n) is 12.5. The Balaban J connectivity index is 1.74. The van der Waals surface area contributed by atoms with Crippen molar-refractivity contribution in [2.24, 2.45) is 5.92 Å². The zero-order chi connectivity index (χ0) is 15.7. The van der Waals surface area contributed by atoms with Gasteiger partial charge in [0.25, 0.3) is 5.91 Å². The van der Waals surface area contributed by atoms with Crippen LogP contribution >= 0.6 is 0 Å². The Kier molecular flexibility index (Phi) is 3.66. The number of carbonyl (C=O) groups is 2. The van der Waals surface area contributed by atoms with Gasteiger partial charge in [-0.25, -0.2) is 0 Å². The largest absolute Gasteiger partial charge is 0.351 e. The number of hydrogen-bond donors (Lipinski definition) is 2. The van der Waals surface area contributed by atoms with Crippen LogP contribution in [0.25, 0.3) is 0 Å². The molecule has 0 bridgehead atoms. The van der Waals surface area contributed by atoms with Gasteiger partial charge in [0.2, 0.25) is 11.7 Å². The second-order valence-corrected chi connectivity index (χ2v) is 5.58. The number of aromatic nitrogens is 1. The molecule has 3 rings (SSSR count). The molecule has 0 radical (unpaired) electrons. The van der Waals surface area contributed by atoms with E-state index in [2.05, 4.69) is 15.8 Å². The van der Waals surface area contributed by atoms with Gasteiger partial charge >= 0.3 is 0 Å². The molecule has 1 aromatic carbocycles. The van der Waals surface area contributed by atoms with Crippen LogP contribution in [-0.4, -0.2) is 17.0 Å². The minimum Gasteiger partial charge on any atom is -0.351 e. The number of nitrogens with zero attached hydrogens (tertiary/aromatic N) is 1. The van der Waals surface area contributed by atoms with Crippen LogP contribution in [-0.2, 0) is 4.79 Å². The van der Waals surface area contributed by atoms with E-state index in [1.165, 1.54) is 0 Å². The normalized spacial score (nSPS) is 13.7. The molecule has 0 aliphatic heterocycles. The van der Waals surface area contributed by atoms with Gasteiger partial charge in [0.15, 0.2) is 0 Å². The Morgan fingerprint density at radius 1 is 1.18 bits per heavy atom. The fourth-order valence-corrected chi connectivity index (χ4v) is 2.08. The molecule has 0 saturated heterocycles. The highest BCUT2D eigenvalue weighted by molar-refractivity contribution is 6.03. The Hall–Kier alpha value is -2.63. The first-order valence-corrected chi connectivity index (χ1v) is 7.19. The molecule has 1 aliphatic carbocycles. The molecule has 0 unspecified atom stereocenters. The van der Waals surface area contributed by atoms with Gasteiger partial charge in [0, 0.05) is 23.4 Å². The molecule has 1 heterocycles. The van der Waals surface area contributed by atoms with Crippen LogP contribution < -0.4 is 10.6 Å². The second-order valence-electron chi connectivity index (χ2n) is 5.58. The second kappa shape index (κ2) is 5.63. The predicted octanol–water partition coefficient (Wildman–Crippen LogP) is 2.89. The molecule has 0 atom stereocenters. The fraction of sp³-hybridized carbons (Fsp3) is 0.312. The zero-order valence-corrected chi connectivity index (χ0v) is 12.5. The first kappa shape index (κ1) is 14.3. The van der Waals surface area contributed by atoms with E-state index in [0.717, 1.165) is 18.4 Å². The Bertz CT molecular complexity index is 732. The monoisotopic (exact) mass is 299 g/mol. The molecule has 22 heavy (non-hydrogen) atoms. The Morgan fingerprint density at radius 3 is 2.59 bits per heavy atom. The molecule has 1 aromatic heterocycles. The molecule has 2 amide bonds. The van der Waals surface area contributed by atoms with Crippen LogP contribution in [0.2, 0.25) is 0 Å². The van der Waals surface area contributed by atoms with E-state index in [4.69, 9.17) is 4.52 Å². The number of carbonyl (C=O) groups excluding carboxylic acids is 2. The van der Waals surface area contributed by atoms with Crippen molar-refractivity contribution in [3.05, 3.63) is 41.3 Å². The number of amides is 2. The van der Waals surface area contributed by atoms with E-state index in [9.17, 15) is 9.59 Å². The van der Waals surface area contributed by atoms with E-state index in [1.807, 2.05) is 19.1 Å². The highest BCUT2D eigenvalue weighted by atomic mass is 16.5. The molecule has 2 N–H and O–H groups in total. The number of rotatable bonds is 4. The van der Waals surface area contributed by atoms with E-state index in [1.54, 1.807) is 19.1 Å². The Morgan fingerprint density at radius 2 is 1.95 bits per heavy atom. The average Bonchev–Trinajstić information content (AvgIpc) is 3.24. The van der Waals surface area contributed by atoms with Gasteiger partial charge in [-0.1, -0.05) is 11.2 Å². The minimum absolute atomic E-state index is 0.0342. The molecular weight excluding hydrogens is 282 g/mol. The molecule has 0 spiro atoms. The third-order valence-corrected chi connectivity index (χ3v) is 3.55. The smallest absolute Gasteiger partial charge is 0.294 e. The number of hydrogen-bond acceptors (Lipinski definition) is 4. The van der Waals surface area contributed by atoms with Gasteiger partial charge in [-0.2, -0.15) is 0 Å². The standard InChI is InChI=1S/C16H17N3O3/c1-9-3-6-12(17-15(20)11-4-5-11)8-13(9)18-16(21)14-7-10(2)19-22-14/h3,6-8,11H,4-5H2,1-2H3,(H,17,20)(H,18,21). The van der Waals surface area contributed by atoms with Crippen LogP contribution in [0.3, 0.4) is 0 Å². The maximum atomic E-state index is 12.1. The lowest BCUT2D eigenvalue weighted by Crippen LogP contribution is -2.15. The number of benzene rings is 1. The van der Waals surface area contributed by atoms with Crippen molar-refractivity contribution in [2.75, 3.05) is 10.6 Å². The van der Waals surface area contributed by atoms with Gasteiger partial charge in [-0.05, 0) is 44.4 Å². The van der Waals surface area contributed by atoms with Gasteiger partial charge in [0.05, 0.1) is 5.69 Å². The summed E-state index contributed by atoms with van der Waals surface area (Å²) in [6.07, 6.45) is 1.90. The lowest BCUT2D eigenvalue weighted by atomic mass is 10.1. The van der Waals surface area contributed by atoms with E-state index >= 15 is 0 Å². The lowest BCUT2D eigenvalue weighted by Gasteiger charge is -2.10. The van der Waals surface area contributed by atoms with Crippen LogP contribution in [0, 0.1) is 19.8 Å². The summed E-state index contributed by atoms with van der Waals surface area (Å²) in [6.45, 7) is 3.63. The van der Waals surface area contributed by atoms with E-state index < -0.39 is 0 Å². The highest BCUT2D eigenvalue weighted by Crippen LogP contribution is 2.30. The van der Waals surface area contributed by atoms with E-state index in [0.29, 0.717) is 17.1 Å². The Labute approximate surface area is 127 Å². The lowest BCUT2D eigenvalue weighted by molar-refractivity contribution is -0.117. The molecule has 6 heteroatoms.